The molecule has 8 nitrogen and oxygen atoms in total. The number of hydrogen-bond acceptors (Lipinski definition) is 6. The van der Waals surface area contributed by atoms with Gasteiger partial charge in [-0.1, -0.05) is 5.16 Å². The lowest BCUT2D eigenvalue weighted by Gasteiger charge is -2.25. The van der Waals surface area contributed by atoms with Crippen molar-refractivity contribution >= 4 is 23.8 Å². The Morgan fingerprint density at radius 2 is 2.47 bits per heavy atom. The van der Waals surface area contributed by atoms with Gasteiger partial charge in [-0.05, 0) is 6.92 Å². The maximum atomic E-state index is 12.0. The van der Waals surface area contributed by atoms with Crippen molar-refractivity contribution < 1.29 is 19.2 Å². The highest BCUT2D eigenvalue weighted by molar-refractivity contribution is 8.00. The summed E-state index contributed by atoms with van der Waals surface area (Å²) in [5, 5.41) is 15.0. The number of rotatable bonds is 4. The lowest BCUT2D eigenvalue weighted by Crippen LogP contribution is -2.49. The van der Waals surface area contributed by atoms with Gasteiger partial charge < -0.3 is 14.9 Å². The number of aliphatic carboxylic acids is 1. The van der Waals surface area contributed by atoms with Crippen molar-refractivity contribution in [2.75, 3.05) is 12.3 Å². The van der Waals surface area contributed by atoms with Crippen LogP contribution < -0.4 is 5.32 Å². The summed E-state index contributed by atoms with van der Waals surface area (Å²) in [5.74, 6) is -0.143. The Balaban J connectivity index is 1.86. The Kier molecular flexibility index (Phi) is 4.25. The molecule has 1 aliphatic heterocycles. The minimum absolute atomic E-state index is 0.149. The third-order valence-corrected chi connectivity index (χ3v) is 3.98. The fourth-order valence-electron chi connectivity index (χ4n) is 1.82. The Bertz CT molecular complexity index is 452. The maximum absolute atomic E-state index is 12.0. The summed E-state index contributed by atoms with van der Waals surface area (Å²) >= 11 is 1.44. The van der Waals surface area contributed by atoms with Crippen LogP contribution in [0.2, 0.25) is 0 Å². The van der Waals surface area contributed by atoms with Gasteiger partial charge in [-0.3, -0.25) is 4.90 Å². The molecule has 0 bridgehead atoms. The minimum Gasteiger partial charge on any atom is -0.480 e. The number of urea groups is 1. The van der Waals surface area contributed by atoms with Crippen molar-refractivity contribution in [1.29, 1.82) is 0 Å². The Morgan fingerprint density at radius 1 is 1.68 bits per heavy atom. The van der Waals surface area contributed by atoms with E-state index in [0.29, 0.717) is 24.6 Å². The van der Waals surface area contributed by atoms with E-state index in [1.807, 2.05) is 6.92 Å². The molecule has 9 heteroatoms. The van der Waals surface area contributed by atoms with E-state index in [9.17, 15) is 9.59 Å². The smallest absolute Gasteiger partial charge is 0.327 e. The van der Waals surface area contributed by atoms with E-state index in [1.54, 1.807) is 0 Å². The molecule has 0 aromatic carbocycles. The van der Waals surface area contributed by atoms with Gasteiger partial charge in [0.25, 0.3) is 0 Å². The number of hydrogen-bond donors (Lipinski definition) is 2. The molecule has 2 unspecified atom stereocenters. The largest absolute Gasteiger partial charge is 0.480 e. The zero-order chi connectivity index (χ0) is 13.8. The molecule has 2 N–H and O–H groups in total. The average Bonchev–Trinajstić information content (AvgIpc) is 2.98. The van der Waals surface area contributed by atoms with E-state index >= 15 is 0 Å². The predicted octanol–water partition coefficient (Wildman–Crippen LogP) is 0.170. The van der Waals surface area contributed by atoms with Gasteiger partial charge in [0, 0.05) is 18.7 Å². The number of amides is 2. The molecule has 0 saturated carbocycles. The zero-order valence-electron chi connectivity index (χ0n) is 10.3. The first-order valence-electron chi connectivity index (χ1n) is 5.75. The lowest BCUT2D eigenvalue weighted by molar-refractivity contribution is -0.141. The molecule has 2 atom stereocenters. The maximum Gasteiger partial charge on any atom is 0.327 e. The first-order valence-corrected chi connectivity index (χ1v) is 6.80. The molecule has 1 aliphatic rings. The molecule has 0 aliphatic carbocycles. The first kappa shape index (κ1) is 13.7. The molecule has 2 amide bonds. The SMILES string of the molecule is CC1SCC(C(=O)O)N1C(=O)NCCc1ncno1. The topological polar surface area (TPSA) is 109 Å². The normalized spacial score (nSPS) is 22.5. The van der Waals surface area contributed by atoms with Crippen molar-refractivity contribution in [2.24, 2.45) is 0 Å². The summed E-state index contributed by atoms with van der Waals surface area (Å²) in [7, 11) is 0. The minimum atomic E-state index is -0.982. The van der Waals surface area contributed by atoms with Crippen LogP contribution in [0.1, 0.15) is 12.8 Å². The van der Waals surface area contributed by atoms with Crippen molar-refractivity contribution in [2.45, 2.75) is 24.8 Å². The predicted molar refractivity (Wildman–Crippen MR) is 66.6 cm³/mol. The van der Waals surface area contributed by atoms with Crippen molar-refractivity contribution in [3.63, 3.8) is 0 Å². The number of thioether (sulfide) groups is 1. The van der Waals surface area contributed by atoms with E-state index in [2.05, 4.69) is 15.5 Å². The van der Waals surface area contributed by atoms with Gasteiger partial charge in [0.15, 0.2) is 6.33 Å². The van der Waals surface area contributed by atoms with Gasteiger partial charge in [-0.15, -0.1) is 11.8 Å². The number of carboxylic acid groups (broad SMARTS) is 1. The van der Waals surface area contributed by atoms with Gasteiger partial charge >= 0.3 is 12.0 Å². The van der Waals surface area contributed by atoms with Crippen molar-refractivity contribution in [1.82, 2.24) is 20.4 Å². The number of nitrogens with zero attached hydrogens (tertiary/aromatic N) is 3. The molecule has 1 aromatic heterocycles. The molecule has 19 heavy (non-hydrogen) atoms. The highest BCUT2D eigenvalue weighted by Gasteiger charge is 2.39. The molecule has 2 rings (SSSR count). The Hall–Kier alpha value is -1.77. The summed E-state index contributed by atoms with van der Waals surface area (Å²) in [5.41, 5.74) is 0. The van der Waals surface area contributed by atoms with Crippen LogP contribution in [0.25, 0.3) is 0 Å². The highest BCUT2D eigenvalue weighted by Crippen LogP contribution is 2.28. The molecule has 104 valence electrons. The van der Waals surface area contributed by atoms with Crippen molar-refractivity contribution in [3.8, 4) is 0 Å². The summed E-state index contributed by atoms with van der Waals surface area (Å²) in [6, 6.07) is -1.16. The van der Waals surface area contributed by atoms with Gasteiger partial charge in [0.2, 0.25) is 5.89 Å². The molecule has 0 spiro atoms. The summed E-state index contributed by atoms with van der Waals surface area (Å²) in [6.45, 7) is 2.13. The quantitative estimate of drug-likeness (QED) is 0.812. The van der Waals surface area contributed by atoms with E-state index < -0.39 is 12.0 Å². The second kappa shape index (κ2) is 5.91. The average molecular weight is 286 g/mol. The molecule has 2 heterocycles. The third kappa shape index (κ3) is 3.16. The van der Waals surface area contributed by atoms with Crippen LogP contribution in [-0.2, 0) is 11.2 Å². The Labute approximate surface area is 113 Å². The van der Waals surface area contributed by atoms with Gasteiger partial charge in [0.1, 0.15) is 6.04 Å². The molecular weight excluding hydrogens is 272 g/mol. The second-order valence-corrected chi connectivity index (χ2v) is 5.36. The molecule has 1 fully saturated rings. The van der Waals surface area contributed by atoms with E-state index in [0.717, 1.165) is 0 Å². The third-order valence-electron chi connectivity index (χ3n) is 2.76. The van der Waals surface area contributed by atoms with Crippen LogP contribution >= 0.6 is 11.8 Å². The van der Waals surface area contributed by atoms with Crippen LogP contribution in [0, 0.1) is 0 Å². The van der Waals surface area contributed by atoms with Crippen molar-refractivity contribution in [3.05, 3.63) is 12.2 Å². The second-order valence-electron chi connectivity index (χ2n) is 4.01. The number of carbonyl (C=O) groups is 2. The van der Waals surface area contributed by atoms with Crippen LogP contribution in [-0.4, -0.2) is 55.9 Å². The van der Waals surface area contributed by atoms with Crippen LogP contribution in [0.5, 0.6) is 0 Å². The summed E-state index contributed by atoms with van der Waals surface area (Å²) in [6.07, 6.45) is 1.70. The lowest BCUT2D eigenvalue weighted by atomic mass is 10.3. The highest BCUT2D eigenvalue weighted by atomic mass is 32.2. The summed E-state index contributed by atoms with van der Waals surface area (Å²) < 4.78 is 4.80. The molecule has 0 radical (unpaired) electrons. The first-order chi connectivity index (χ1) is 9.09. The fraction of sp³-hybridized carbons (Fsp3) is 0.600. The summed E-state index contributed by atoms with van der Waals surface area (Å²) in [4.78, 5) is 28.2. The van der Waals surface area contributed by atoms with Gasteiger partial charge in [-0.2, -0.15) is 4.98 Å². The van der Waals surface area contributed by atoms with E-state index in [-0.39, 0.29) is 11.4 Å². The Morgan fingerprint density at radius 3 is 3.11 bits per heavy atom. The number of nitrogens with one attached hydrogen (secondary N) is 1. The molecule has 1 saturated heterocycles. The van der Waals surface area contributed by atoms with E-state index in [1.165, 1.54) is 23.0 Å². The van der Waals surface area contributed by atoms with Crippen LogP contribution in [0.4, 0.5) is 4.79 Å². The number of carbonyl (C=O) groups excluding carboxylic acids is 1. The standard InChI is InChI=1S/C10H14N4O4S/c1-6-14(7(4-19-6)9(15)16)10(17)11-3-2-8-12-5-13-18-8/h5-7H,2-4H2,1H3,(H,11,17)(H,15,16). The molecule has 1 aromatic rings. The number of aromatic nitrogens is 2. The zero-order valence-corrected chi connectivity index (χ0v) is 11.1. The van der Waals surface area contributed by atoms with Crippen LogP contribution in [0.15, 0.2) is 10.9 Å². The van der Waals surface area contributed by atoms with Crippen LogP contribution in [0.3, 0.4) is 0 Å². The van der Waals surface area contributed by atoms with Gasteiger partial charge in [-0.25, -0.2) is 9.59 Å². The monoisotopic (exact) mass is 286 g/mol. The number of carboxylic acids is 1. The fourth-order valence-corrected chi connectivity index (χ4v) is 2.98. The molecular formula is C10H14N4O4S. The van der Waals surface area contributed by atoms with Gasteiger partial charge in [0.05, 0.1) is 5.37 Å². The van der Waals surface area contributed by atoms with E-state index in [4.69, 9.17) is 9.63 Å².